The molecule has 0 aromatic carbocycles. The first-order chi connectivity index (χ1) is 10.5. The molecule has 0 aromatic heterocycles. The number of ether oxygens (including phenoxy) is 2. The summed E-state index contributed by atoms with van der Waals surface area (Å²) in [6, 6.07) is 0. The van der Waals surface area contributed by atoms with Crippen LogP contribution in [-0.4, -0.2) is 36.8 Å². The molecule has 8 heteroatoms. The summed E-state index contributed by atoms with van der Waals surface area (Å²) in [5.74, 6) is 0.421. The highest BCUT2D eigenvalue weighted by Crippen LogP contribution is 2.00. The van der Waals surface area contributed by atoms with Crippen molar-refractivity contribution < 1.29 is 19.1 Å². The lowest BCUT2D eigenvalue weighted by Gasteiger charge is -2.04. The van der Waals surface area contributed by atoms with Gasteiger partial charge in [0.2, 0.25) is 23.6 Å². The van der Waals surface area contributed by atoms with Gasteiger partial charge in [0.25, 0.3) is 0 Å². The third kappa shape index (κ3) is 11.7. The molecule has 0 saturated heterocycles. The lowest BCUT2D eigenvalue weighted by atomic mass is 10.2. The van der Waals surface area contributed by atoms with Crippen LogP contribution in [0.1, 0.15) is 53.4 Å². The minimum atomic E-state index is -0.204. The summed E-state index contributed by atoms with van der Waals surface area (Å²) in [6.45, 7) is 8.02. The van der Waals surface area contributed by atoms with Crippen LogP contribution in [0.25, 0.3) is 0 Å². The number of hydrogen-bond acceptors (Lipinski definition) is 6. The first kappa shape index (κ1) is 19.9. The quantitative estimate of drug-likeness (QED) is 0.291. The second kappa shape index (κ2) is 12.6. The Hall–Kier alpha value is -2.12. The number of rotatable bonds is 9. The highest BCUT2D eigenvalue weighted by atomic mass is 16.5. The van der Waals surface area contributed by atoms with Gasteiger partial charge in [-0.1, -0.05) is 0 Å². The average molecular weight is 314 g/mol. The molecule has 0 atom stereocenters. The van der Waals surface area contributed by atoms with Crippen molar-refractivity contribution >= 4 is 23.6 Å². The minimum absolute atomic E-state index is 0.204. The number of carbonyl (C=O) groups is 2. The van der Waals surface area contributed by atoms with Gasteiger partial charge < -0.3 is 9.47 Å². The molecule has 126 valence electrons. The van der Waals surface area contributed by atoms with Crippen molar-refractivity contribution in [3.8, 4) is 0 Å². The zero-order chi connectivity index (χ0) is 16.8. The summed E-state index contributed by atoms with van der Waals surface area (Å²) in [7, 11) is 0. The Kier molecular flexibility index (Phi) is 11.4. The van der Waals surface area contributed by atoms with Gasteiger partial charge in [-0.2, -0.15) is 0 Å². The van der Waals surface area contributed by atoms with Gasteiger partial charge in [0, 0.05) is 26.7 Å². The van der Waals surface area contributed by atoms with E-state index in [9.17, 15) is 9.59 Å². The van der Waals surface area contributed by atoms with Crippen molar-refractivity contribution in [2.45, 2.75) is 53.4 Å². The second-order valence-electron chi connectivity index (χ2n) is 4.40. The first-order valence-electron chi connectivity index (χ1n) is 7.41. The lowest BCUT2D eigenvalue weighted by Crippen LogP contribution is -2.21. The predicted octanol–water partition coefficient (Wildman–Crippen LogP) is 1.52. The summed E-state index contributed by atoms with van der Waals surface area (Å²) < 4.78 is 10.1. The van der Waals surface area contributed by atoms with Crippen LogP contribution in [0, 0.1) is 0 Å². The SMILES string of the molecule is CCO/C(C)=N/NC(=O)CCCCC(=O)N/N=C(\C)OCC. The molecule has 0 rings (SSSR count). The maximum Gasteiger partial charge on any atom is 0.240 e. The fourth-order valence-corrected chi connectivity index (χ4v) is 1.45. The second-order valence-corrected chi connectivity index (χ2v) is 4.40. The smallest absolute Gasteiger partial charge is 0.240 e. The number of unbranched alkanes of at least 4 members (excludes halogenated alkanes) is 1. The molecule has 0 aliphatic carbocycles. The Morgan fingerprint density at radius 1 is 0.818 bits per heavy atom. The van der Waals surface area contributed by atoms with E-state index < -0.39 is 0 Å². The molecule has 0 saturated carbocycles. The first-order valence-corrected chi connectivity index (χ1v) is 7.41. The summed E-state index contributed by atoms with van der Waals surface area (Å²) in [6.07, 6.45) is 1.79. The molecule has 0 heterocycles. The van der Waals surface area contributed by atoms with Crippen molar-refractivity contribution in [1.29, 1.82) is 0 Å². The van der Waals surface area contributed by atoms with E-state index in [1.807, 2.05) is 13.8 Å². The summed E-state index contributed by atoms with van der Waals surface area (Å²) in [4.78, 5) is 22.9. The van der Waals surface area contributed by atoms with Gasteiger partial charge in [-0.05, 0) is 26.7 Å². The predicted molar refractivity (Wildman–Crippen MR) is 84.2 cm³/mol. The van der Waals surface area contributed by atoms with Crippen LogP contribution in [0.4, 0.5) is 0 Å². The van der Waals surface area contributed by atoms with Gasteiger partial charge >= 0.3 is 0 Å². The number of hydrogen-bond donors (Lipinski definition) is 2. The third-order valence-corrected chi connectivity index (χ3v) is 2.44. The molecule has 0 radical (unpaired) electrons. The Bertz CT molecular complexity index is 370. The molecule has 0 aliphatic heterocycles. The fraction of sp³-hybridized carbons (Fsp3) is 0.714. The zero-order valence-electron chi connectivity index (χ0n) is 13.8. The van der Waals surface area contributed by atoms with Gasteiger partial charge in [-0.15, -0.1) is 10.2 Å². The largest absolute Gasteiger partial charge is 0.480 e. The summed E-state index contributed by atoms with van der Waals surface area (Å²) in [5, 5.41) is 7.56. The molecule has 0 aliphatic rings. The maximum absolute atomic E-state index is 11.5. The highest BCUT2D eigenvalue weighted by Gasteiger charge is 2.04. The Balaban J connectivity index is 3.75. The van der Waals surface area contributed by atoms with E-state index in [-0.39, 0.29) is 11.8 Å². The summed E-state index contributed by atoms with van der Waals surface area (Å²) in [5.41, 5.74) is 4.79. The van der Waals surface area contributed by atoms with Crippen LogP contribution in [0.3, 0.4) is 0 Å². The molecule has 8 nitrogen and oxygen atoms in total. The number of nitrogens with one attached hydrogen (secondary N) is 2. The van der Waals surface area contributed by atoms with Crippen LogP contribution >= 0.6 is 0 Å². The van der Waals surface area contributed by atoms with Gasteiger partial charge in [0.15, 0.2) is 0 Å². The van der Waals surface area contributed by atoms with Crippen LogP contribution in [-0.2, 0) is 19.1 Å². The van der Waals surface area contributed by atoms with Crippen LogP contribution in [0.5, 0.6) is 0 Å². The molecule has 2 amide bonds. The molecule has 0 aromatic rings. The number of hydrazone groups is 2. The molecule has 2 N–H and O–H groups in total. The minimum Gasteiger partial charge on any atom is -0.480 e. The van der Waals surface area contributed by atoms with Gasteiger partial charge in [-0.3, -0.25) is 9.59 Å². The standard InChI is InChI=1S/C14H26N4O4/c1-5-21-11(3)15-17-13(19)9-7-8-10-14(20)18-16-12(4)22-6-2/h5-10H2,1-4H3,(H,17,19)(H,18,20)/b15-11+,16-12+. The maximum atomic E-state index is 11.5. The zero-order valence-corrected chi connectivity index (χ0v) is 13.8. The van der Waals surface area contributed by atoms with E-state index in [0.717, 1.165) is 0 Å². The lowest BCUT2D eigenvalue weighted by molar-refractivity contribution is -0.123. The molecule has 22 heavy (non-hydrogen) atoms. The normalized spacial score (nSPS) is 11.8. The third-order valence-electron chi connectivity index (χ3n) is 2.44. The Morgan fingerprint density at radius 3 is 1.50 bits per heavy atom. The molecular weight excluding hydrogens is 288 g/mol. The number of amides is 2. The molecule has 0 fully saturated rings. The topological polar surface area (TPSA) is 101 Å². The van der Waals surface area contributed by atoms with Crippen molar-refractivity contribution in [1.82, 2.24) is 10.9 Å². The monoisotopic (exact) mass is 314 g/mol. The van der Waals surface area contributed by atoms with Crippen LogP contribution in [0.15, 0.2) is 10.2 Å². The van der Waals surface area contributed by atoms with E-state index in [4.69, 9.17) is 9.47 Å². The van der Waals surface area contributed by atoms with E-state index in [2.05, 4.69) is 21.1 Å². The van der Waals surface area contributed by atoms with Crippen molar-refractivity contribution in [2.75, 3.05) is 13.2 Å². The van der Waals surface area contributed by atoms with Crippen molar-refractivity contribution in [2.24, 2.45) is 10.2 Å². The van der Waals surface area contributed by atoms with Gasteiger partial charge in [-0.25, -0.2) is 10.9 Å². The molecule has 0 spiro atoms. The van der Waals surface area contributed by atoms with Crippen molar-refractivity contribution in [3.05, 3.63) is 0 Å². The number of carbonyl (C=O) groups excluding carboxylic acids is 2. The van der Waals surface area contributed by atoms with E-state index in [1.165, 1.54) is 0 Å². The molecular formula is C14H26N4O4. The van der Waals surface area contributed by atoms with Gasteiger partial charge in [0.05, 0.1) is 13.2 Å². The van der Waals surface area contributed by atoms with Gasteiger partial charge in [0.1, 0.15) is 0 Å². The van der Waals surface area contributed by atoms with E-state index in [0.29, 0.717) is 50.7 Å². The van der Waals surface area contributed by atoms with Crippen LogP contribution in [0.2, 0.25) is 0 Å². The van der Waals surface area contributed by atoms with E-state index in [1.54, 1.807) is 13.8 Å². The average Bonchev–Trinajstić information content (AvgIpc) is 2.48. The molecule has 0 unspecified atom stereocenters. The molecule has 0 bridgehead atoms. The van der Waals surface area contributed by atoms with Crippen LogP contribution < -0.4 is 10.9 Å². The Labute approximate surface area is 131 Å². The summed E-state index contributed by atoms with van der Waals surface area (Å²) >= 11 is 0. The van der Waals surface area contributed by atoms with Crippen molar-refractivity contribution in [3.63, 3.8) is 0 Å². The highest BCUT2D eigenvalue weighted by molar-refractivity contribution is 5.80. The van der Waals surface area contributed by atoms with E-state index >= 15 is 0 Å². The number of nitrogens with zero attached hydrogens (tertiary/aromatic N) is 2. The fourth-order valence-electron chi connectivity index (χ4n) is 1.45. The Morgan fingerprint density at radius 2 is 1.18 bits per heavy atom.